The van der Waals surface area contributed by atoms with E-state index in [1.165, 1.54) is 38.0 Å². The Balaban J connectivity index is 1.66. The van der Waals surface area contributed by atoms with Gasteiger partial charge in [-0.2, -0.15) is 0 Å². The Morgan fingerprint density at radius 3 is 3.11 bits per heavy atom. The number of ether oxygens (including phenoxy) is 1. The molecule has 1 aromatic rings. The van der Waals surface area contributed by atoms with Crippen LogP contribution in [-0.2, 0) is 6.54 Å². The minimum absolute atomic E-state index is 0.777. The molecule has 2 atom stereocenters. The largest absolute Gasteiger partial charge is 0.496 e. The molecule has 1 N–H and O–H groups in total. The number of rotatable bonds is 3. The number of fused-ring (bicyclic) bond motifs is 1. The van der Waals surface area contributed by atoms with Gasteiger partial charge in [0.25, 0.3) is 0 Å². The highest BCUT2D eigenvalue weighted by molar-refractivity contribution is 5.33. The molecule has 0 saturated carbocycles. The van der Waals surface area contributed by atoms with Crippen LogP contribution < -0.4 is 10.1 Å². The van der Waals surface area contributed by atoms with Crippen molar-refractivity contribution < 1.29 is 4.74 Å². The SMILES string of the molecule is COc1ccccc1CN1CCC2NCCC2C1. The summed E-state index contributed by atoms with van der Waals surface area (Å²) in [5.74, 6) is 1.87. The van der Waals surface area contributed by atoms with Crippen LogP contribution >= 0.6 is 0 Å². The summed E-state index contributed by atoms with van der Waals surface area (Å²) < 4.78 is 5.43. The Bertz CT molecular complexity index is 407. The maximum absolute atomic E-state index is 5.43. The molecule has 0 aromatic heterocycles. The van der Waals surface area contributed by atoms with Gasteiger partial charge in [0.05, 0.1) is 7.11 Å². The van der Waals surface area contributed by atoms with Crippen molar-refractivity contribution in [3.05, 3.63) is 29.8 Å². The van der Waals surface area contributed by atoms with E-state index >= 15 is 0 Å². The lowest BCUT2D eigenvalue weighted by Crippen LogP contribution is -2.43. The molecule has 0 radical (unpaired) electrons. The van der Waals surface area contributed by atoms with E-state index in [0.29, 0.717) is 0 Å². The van der Waals surface area contributed by atoms with Gasteiger partial charge in [0.1, 0.15) is 5.75 Å². The lowest BCUT2D eigenvalue weighted by Gasteiger charge is -2.35. The molecular weight excluding hydrogens is 224 g/mol. The average molecular weight is 246 g/mol. The predicted molar refractivity (Wildman–Crippen MR) is 72.8 cm³/mol. The van der Waals surface area contributed by atoms with Crippen molar-refractivity contribution in [1.82, 2.24) is 10.2 Å². The summed E-state index contributed by atoms with van der Waals surface area (Å²) in [6.45, 7) is 4.66. The topological polar surface area (TPSA) is 24.5 Å². The molecule has 0 aliphatic carbocycles. The summed E-state index contributed by atoms with van der Waals surface area (Å²) in [7, 11) is 1.76. The van der Waals surface area contributed by atoms with Crippen molar-refractivity contribution in [2.24, 2.45) is 5.92 Å². The van der Waals surface area contributed by atoms with E-state index in [-0.39, 0.29) is 0 Å². The first-order valence-corrected chi connectivity index (χ1v) is 6.94. The number of methoxy groups -OCH3 is 1. The molecule has 0 bridgehead atoms. The van der Waals surface area contributed by atoms with E-state index in [9.17, 15) is 0 Å². The van der Waals surface area contributed by atoms with Crippen LogP contribution in [0.1, 0.15) is 18.4 Å². The highest BCUT2D eigenvalue weighted by Gasteiger charge is 2.32. The molecule has 3 rings (SSSR count). The maximum atomic E-state index is 5.43. The molecule has 18 heavy (non-hydrogen) atoms. The lowest BCUT2D eigenvalue weighted by molar-refractivity contribution is 0.154. The van der Waals surface area contributed by atoms with Gasteiger partial charge in [-0.25, -0.2) is 0 Å². The van der Waals surface area contributed by atoms with Crippen molar-refractivity contribution >= 4 is 0 Å². The second-order valence-electron chi connectivity index (χ2n) is 5.45. The fourth-order valence-corrected chi connectivity index (χ4v) is 3.34. The van der Waals surface area contributed by atoms with Crippen LogP contribution in [0.2, 0.25) is 0 Å². The number of nitrogens with one attached hydrogen (secondary N) is 1. The smallest absolute Gasteiger partial charge is 0.123 e. The van der Waals surface area contributed by atoms with Gasteiger partial charge in [0.2, 0.25) is 0 Å². The second kappa shape index (κ2) is 5.29. The predicted octanol–water partition coefficient (Wildman–Crippen LogP) is 1.88. The Kier molecular flexibility index (Phi) is 3.52. The van der Waals surface area contributed by atoms with E-state index in [1.807, 2.05) is 6.07 Å². The molecular formula is C15H22N2O. The summed E-state index contributed by atoms with van der Waals surface area (Å²) in [5.41, 5.74) is 1.31. The lowest BCUT2D eigenvalue weighted by atomic mass is 9.93. The maximum Gasteiger partial charge on any atom is 0.123 e. The number of piperidine rings is 1. The summed E-state index contributed by atoms with van der Waals surface area (Å²) in [4.78, 5) is 2.58. The second-order valence-corrected chi connectivity index (χ2v) is 5.45. The minimum atomic E-state index is 0.777. The van der Waals surface area contributed by atoms with E-state index in [0.717, 1.165) is 24.3 Å². The third kappa shape index (κ3) is 2.38. The van der Waals surface area contributed by atoms with Crippen molar-refractivity contribution in [3.63, 3.8) is 0 Å². The van der Waals surface area contributed by atoms with Crippen LogP contribution in [0.5, 0.6) is 5.75 Å². The van der Waals surface area contributed by atoms with Crippen LogP contribution in [0.3, 0.4) is 0 Å². The monoisotopic (exact) mass is 246 g/mol. The van der Waals surface area contributed by atoms with Crippen LogP contribution in [0.15, 0.2) is 24.3 Å². The van der Waals surface area contributed by atoms with Gasteiger partial charge >= 0.3 is 0 Å². The molecule has 98 valence electrons. The van der Waals surface area contributed by atoms with E-state index in [4.69, 9.17) is 4.74 Å². The molecule has 2 heterocycles. The summed E-state index contributed by atoms with van der Waals surface area (Å²) in [5, 5.41) is 3.61. The average Bonchev–Trinajstić information content (AvgIpc) is 2.87. The molecule has 2 aliphatic heterocycles. The van der Waals surface area contributed by atoms with Crippen molar-refractivity contribution in [2.45, 2.75) is 25.4 Å². The van der Waals surface area contributed by atoms with Gasteiger partial charge in [-0.1, -0.05) is 18.2 Å². The summed E-state index contributed by atoms with van der Waals surface area (Å²) in [6.07, 6.45) is 2.63. The van der Waals surface area contributed by atoms with E-state index < -0.39 is 0 Å². The molecule has 1 aromatic carbocycles. The first-order valence-electron chi connectivity index (χ1n) is 6.94. The standard InChI is InChI=1S/C15H22N2O/c1-18-15-5-3-2-4-13(15)11-17-9-7-14-12(10-17)6-8-16-14/h2-5,12,14,16H,6-11H2,1H3. The molecule has 0 spiro atoms. The zero-order valence-corrected chi connectivity index (χ0v) is 11.1. The molecule has 2 fully saturated rings. The third-order valence-corrected chi connectivity index (χ3v) is 4.33. The molecule has 0 amide bonds. The molecule has 2 aliphatic rings. The van der Waals surface area contributed by atoms with Gasteiger partial charge in [-0.3, -0.25) is 4.90 Å². The Hall–Kier alpha value is -1.06. The van der Waals surface area contributed by atoms with Gasteiger partial charge in [0, 0.05) is 24.7 Å². The molecule has 2 saturated heterocycles. The van der Waals surface area contributed by atoms with Gasteiger partial charge in [0.15, 0.2) is 0 Å². The molecule has 3 nitrogen and oxygen atoms in total. The van der Waals surface area contributed by atoms with Crippen molar-refractivity contribution in [3.8, 4) is 5.75 Å². The van der Waals surface area contributed by atoms with Crippen LogP contribution in [-0.4, -0.2) is 37.7 Å². The van der Waals surface area contributed by atoms with Crippen molar-refractivity contribution in [2.75, 3.05) is 26.7 Å². The highest BCUT2D eigenvalue weighted by atomic mass is 16.5. The van der Waals surface area contributed by atoms with Gasteiger partial charge in [-0.15, -0.1) is 0 Å². The van der Waals surface area contributed by atoms with E-state index in [2.05, 4.69) is 28.4 Å². The highest BCUT2D eigenvalue weighted by Crippen LogP contribution is 2.27. The van der Waals surface area contributed by atoms with Gasteiger partial charge in [-0.05, 0) is 37.9 Å². The first kappa shape index (κ1) is 12.0. The number of hydrogen-bond acceptors (Lipinski definition) is 3. The molecule has 2 unspecified atom stereocenters. The van der Waals surface area contributed by atoms with Crippen LogP contribution in [0, 0.1) is 5.92 Å². The number of benzene rings is 1. The van der Waals surface area contributed by atoms with Gasteiger partial charge < -0.3 is 10.1 Å². The Labute approximate surface area is 109 Å². The third-order valence-electron chi connectivity index (χ3n) is 4.33. The summed E-state index contributed by atoms with van der Waals surface area (Å²) >= 11 is 0. The fraction of sp³-hybridized carbons (Fsp3) is 0.600. The fourth-order valence-electron chi connectivity index (χ4n) is 3.34. The van der Waals surface area contributed by atoms with Crippen molar-refractivity contribution in [1.29, 1.82) is 0 Å². The van der Waals surface area contributed by atoms with Crippen LogP contribution in [0.4, 0.5) is 0 Å². The normalized spacial score (nSPS) is 28.1. The number of likely N-dealkylation sites (tertiary alicyclic amines) is 1. The number of para-hydroxylation sites is 1. The Morgan fingerprint density at radius 2 is 2.22 bits per heavy atom. The Morgan fingerprint density at radius 1 is 1.33 bits per heavy atom. The minimum Gasteiger partial charge on any atom is -0.496 e. The van der Waals surface area contributed by atoms with E-state index in [1.54, 1.807) is 7.11 Å². The number of hydrogen-bond donors (Lipinski definition) is 1. The zero-order valence-electron chi connectivity index (χ0n) is 11.1. The first-order chi connectivity index (χ1) is 8.86. The quantitative estimate of drug-likeness (QED) is 0.881. The zero-order chi connectivity index (χ0) is 12.4. The summed E-state index contributed by atoms with van der Waals surface area (Å²) in [6, 6.07) is 9.15. The van der Waals surface area contributed by atoms with Crippen LogP contribution in [0.25, 0.3) is 0 Å². The molecule has 3 heteroatoms. The number of nitrogens with zero attached hydrogens (tertiary/aromatic N) is 1.